The lowest BCUT2D eigenvalue weighted by Gasteiger charge is -2.23. The Kier molecular flexibility index (Phi) is 3.37. The zero-order chi connectivity index (χ0) is 11.5. The summed E-state index contributed by atoms with van der Waals surface area (Å²) in [5, 5.41) is 0. The number of hydrogen-bond acceptors (Lipinski definition) is 2. The third-order valence-electron chi connectivity index (χ3n) is 3.47. The van der Waals surface area contributed by atoms with Crippen LogP contribution in [0.1, 0.15) is 32.3 Å². The summed E-state index contributed by atoms with van der Waals surface area (Å²) in [6.45, 7) is 6.90. The fourth-order valence-electron chi connectivity index (χ4n) is 2.68. The highest BCUT2D eigenvalue weighted by Gasteiger charge is 2.21. The number of fused-ring (bicyclic) bond motifs is 1. The second-order valence-electron chi connectivity index (χ2n) is 4.93. The van der Waals surface area contributed by atoms with Crippen molar-refractivity contribution in [2.45, 2.75) is 33.1 Å². The van der Waals surface area contributed by atoms with Crippen molar-refractivity contribution >= 4 is 11.4 Å². The standard InChI is InChI=1S/C14H22N2/c1-3-5-11(2)10-16-9-8-12-13(15)6-4-7-14(12)16/h4,6-7,11H,3,5,8-10,15H2,1-2H3. The van der Waals surface area contributed by atoms with E-state index in [1.54, 1.807) is 0 Å². The molecule has 0 bridgehead atoms. The summed E-state index contributed by atoms with van der Waals surface area (Å²) in [4.78, 5) is 2.49. The van der Waals surface area contributed by atoms with Gasteiger partial charge in [-0.05, 0) is 30.9 Å². The van der Waals surface area contributed by atoms with Gasteiger partial charge in [0.2, 0.25) is 0 Å². The maximum atomic E-state index is 6.00. The minimum atomic E-state index is 0.775. The summed E-state index contributed by atoms with van der Waals surface area (Å²) in [5.41, 5.74) is 9.67. The molecular formula is C14H22N2. The Labute approximate surface area is 98.4 Å². The average molecular weight is 218 g/mol. The van der Waals surface area contributed by atoms with Gasteiger partial charge in [0.1, 0.15) is 0 Å². The number of rotatable bonds is 4. The molecule has 0 saturated heterocycles. The topological polar surface area (TPSA) is 29.3 Å². The molecule has 16 heavy (non-hydrogen) atoms. The lowest BCUT2D eigenvalue weighted by molar-refractivity contribution is 0.517. The summed E-state index contributed by atoms with van der Waals surface area (Å²) < 4.78 is 0. The highest BCUT2D eigenvalue weighted by Crippen LogP contribution is 2.32. The van der Waals surface area contributed by atoms with Crippen molar-refractivity contribution in [3.63, 3.8) is 0 Å². The molecule has 1 aromatic carbocycles. The molecule has 1 aliphatic heterocycles. The molecule has 1 heterocycles. The third kappa shape index (κ3) is 2.16. The van der Waals surface area contributed by atoms with Crippen LogP contribution in [0.4, 0.5) is 11.4 Å². The molecule has 2 nitrogen and oxygen atoms in total. The van der Waals surface area contributed by atoms with E-state index in [1.165, 1.54) is 30.6 Å². The molecule has 1 aliphatic rings. The minimum Gasteiger partial charge on any atom is -0.398 e. The first-order valence-electron chi connectivity index (χ1n) is 6.34. The minimum absolute atomic E-state index is 0.775. The molecule has 0 aromatic heterocycles. The predicted molar refractivity (Wildman–Crippen MR) is 70.8 cm³/mol. The number of hydrogen-bond donors (Lipinski definition) is 1. The first-order chi connectivity index (χ1) is 7.72. The molecule has 1 aromatic rings. The SMILES string of the molecule is CCCC(C)CN1CCc2c(N)cccc21. The smallest absolute Gasteiger partial charge is 0.0420 e. The lowest BCUT2D eigenvalue weighted by Crippen LogP contribution is -2.26. The van der Waals surface area contributed by atoms with E-state index in [0.717, 1.165) is 24.6 Å². The number of nitrogens with zero attached hydrogens (tertiary/aromatic N) is 1. The van der Waals surface area contributed by atoms with Crippen LogP contribution in [0.3, 0.4) is 0 Å². The van der Waals surface area contributed by atoms with Crippen molar-refractivity contribution in [1.82, 2.24) is 0 Å². The van der Waals surface area contributed by atoms with Gasteiger partial charge in [0.05, 0.1) is 0 Å². The van der Waals surface area contributed by atoms with Crippen LogP contribution in [0, 0.1) is 5.92 Å². The molecule has 0 amide bonds. The van der Waals surface area contributed by atoms with E-state index in [9.17, 15) is 0 Å². The second-order valence-corrected chi connectivity index (χ2v) is 4.93. The van der Waals surface area contributed by atoms with Gasteiger partial charge >= 0.3 is 0 Å². The van der Waals surface area contributed by atoms with E-state index in [-0.39, 0.29) is 0 Å². The van der Waals surface area contributed by atoms with E-state index >= 15 is 0 Å². The van der Waals surface area contributed by atoms with Gasteiger partial charge in [0.25, 0.3) is 0 Å². The molecule has 0 aliphatic carbocycles. The van der Waals surface area contributed by atoms with Crippen molar-refractivity contribution in [3.05, 3.63) is 23.8 Å². The fourth-order valence-corrected chi connectivity index (χ4v) is 2.68. The van der Waals surface area contributed by atoms with Crippen molar-refractivity contribution < 1.29 is 0 Å². The van der Waals surface area contributed by atoms with E-state index in [1.807, 2.05) is 6.07 Å². The van der Waals surface area contributed by atoms with Gasteiger partial charge in [-0.25, -0.2) is 0 Å². The Morgan fingerprint density at radius 1 is 1.44 bits per heavy atom. The molecular weight excluding hydrogens is 196 g/mol. The van der Waals surface area contributed by atoms with Gasteiger partial charge in [-0.15, -0.1) is 0 Å². The number of nitrogen functional groups attached to an aromatic ring is 1. The van der Waals surface area contributed by atoms with Crippen LogP contribution >= 0.6 is 0 Å². The van der Waals surface area contributed by atoms with Gasteiger partial charge in [-0.2, -0.15) is 0 Å². The number of benzene rings is 1. The normalized spacial score (nSPS) is 16.2. The van der Waals surface area contributed by atoms with Crippen LogP contribution < -0.4 is 10.6 Å². The van der Waals surface area contributed by atoms with Gasteiger partial charge < -0.3 is 10.6 Å². The first-order valence-corrected chi connectivity index (χ1v) is 6.34. The number of anilines is 2. The van der Waals surface area contributed by atoms with Crippen molar-refractivity contribution in [3.8, 4) is 0 Å². The Balaban J connectivity index is 2.09. The summed E-state index contributed by atoms with van der Waals surface area (Å²) >= 11 is 0. The van der Waals surface area contributed by atoms with E-state index in [0.29, 0.717) is 0 Å². The quantitative estimate of drug-likeness (QED) is 0.787. The Hall–Kier alpha value is -1.18. The summed E-state index contributed by atoms with van der Waals surface area (Å²) in [7, 11) is 0. The molecule has 0 saturated carbocycles. The largest absolute Gasteiger partial charge is 0.398 e. The van der Waals surface area contributed by atoms with Gasteiger partial charge in [-0.1, -0.05) is 26.3 Å². The molecule has 88 valence electrons. The van der Waals surface area contributed by atoms with Gasteiger partial charge in [0.15, 0.2) is 0 Å². The van der Waals surface area contributed by atoms with Crippen LogP contribution in [0.25, 0.3) is 0 Å². The Bertz CT molecular complexity index is 360. The first kappa shape index (κ1) is 11.3. The maximum absolute atomic E-state index is 6.00. The van der Waals surface area contributed by atoms with E-state index in [4.69, 9.17) is 5.73 Å². The van der Waals surface area contributed by atoms with E-state index < -0.39 is 0 Å². The van der Waals surface area contributed by atoms with Crippen LogP contribution in [-0.4, -0.2) is 13.1 Å². The number of nitrogens with two attached hydrogens (primary N) is 1. The van der Waals surface area contributed by atoms with Crippen molar-refractivity contribution in [2.24, 2.45) is 5.92 Å². The molecule has 1 unspecified atom stereocenters. The van der Waals surface area contributed by atoms with Crippen LogP contribution in [0.15, 0.2) is 18.2 Å². The Morgan fingerprint density at radius 3 is 3.00 bits per heavy atom. The van der Waals surface area contributed by atoms with Crippen molar-refractivity contribution in [1.29, 1.82) is 0 Å². The zero-order valence-corrected chi connectivity index (χ0v) is 10.4. The van der Waals surface area contributed by atoms with Crippen LogP contribution in [0.5, 0.6) is 0 Å². The lowest BCUT2D eigenvalue weighted by atomic mass is 10.1. The predicted octanol–water partition coefficient (Wildman–Crippen LogP) is 3.07. The Morgan fingerprint density at radius 2 is 2.25 bits per heavy atom. The van der Waals surface area contributed by atoms with Crippen LogP contribution in [0.2, 0.25) is 0 Å². The third-order valence-corrected chi connectivity index (χ3v) is 3.47. The maximum Gasteiger partial charge on any atom is 0.0420 e. The molecule has 0 radical (unpaired) electrons. The van der Waals surface area contributed by atoms with E-state index in [2.05, 4.69) is 30.9 Å². The van der Waals surface area contributed by atoms with Crippen LogP contribution in [-0.2, 0) is 6.42 Å². The molecule has 2 rings (SSSR count). The second kappa shape index (κ2) is 4.77. The molecule has 2 N–H and O–H groups in total. The summed E-state index contributed by atoms with van der Waals surface area (Å²) in [6.07, 6.45) is 3.70. The molecule has 1 atom stereocenters. The summed E-state index contributed by atoms with van der Waals surface area (Å²) in [6, 6.07) is 6.28. The monoisotopic (exact) mass is 218 g/mol. The van der Waals surface area contributed by atoms with Gasteiger partial charge in [-0.3, -0.25) is 0 Å². The molecule has 2 heteroatoms. The molecule has 0 fully saturated rings. The summed E-state index contributed by atoms with van der Waals surface area (Å²) in [5.74, 6) is 0.775. The van der Waals surface area contributed by atoms with Crippen molar-refractivity contribution in [2.75, 3.05) is 23.7 Å². The molecule has 0 spiro atoms. The zero-order valence-electron chi connectivity index (χ0n) is 10.4. The highest BCUT2D eigenvalue weighted by atomic mass is 15.1. The fraction of sp³-hybridized carbons (Fsp3) is 0.571. The average Bonchev–Trinajstić information content (AvgIpc) is 2.64. The highest BCUT2D eigenvalue weighted by molar-refractivity contribution is 5.68. The van der Waals surface area contributed by atoms with Gasteiger partial charge in [0, 0.05) is 30.0 Å².